The molecule has 0 saturated carbocycles. The molecule has 1 rings (SSSR count). The first kappa shape index (κ1) is 12.2. The Hall–Kier alpha value is -0.830. The fraction of sp³-hybridized carbons (Fsp3) is 0.417. The summed E-state index contributed by atoms with van der Waals surface area (Å²) >= 11 is 3.52. The molecule has 0 aliphatic carbocycles. The van der Waals surface area contributed by atoms with Crippen molar-refractivity contribution in [3.05, 3.63) is 35.5 Å². The molecule has 0 radical (unpaired) electrons. The molecule has 0 aromatic carbocycles. The molecule has 0 saturated heterocycles. The lowest BCUT2D eigenvalue weighted by atomic mass is 10.1. The molecule has 0 fully saturated rings. The standard InChI is InChI=1S/C12H17BrN2/c1-5-9-15(12(2,3)4)11-10(13)7-6-8-14-11/h5-8H,1,9H2,2-4H3. The highest BCUT2D eigenvalue weighted by Crippen LogP contribution is 2.28. The summed E-state index contributed by atoms with van der Waals surface area (Å²) in [5, 5.41) is 0. The summed E-state index contributed by atoms with van der Waals surface area (Å²) in [6, 6.07) is 3.92. The highest BCUT2D eigenvalue weighted by Gasteiger charge is 2.22. The van der Waals surface area contributed by atoms with Gasteiger partial charge in [-0.05, 0) is 48.8 Å². The van der Waals surface area contributed by atoms with Crippen LogP contribution in [0, 0.1) is 0 Å². The van der Waals surface area contributed by atoms with E-state index >= 15 is 0 Å². The Morgan fingerprint density at radius 3 is 2.67 bits per heavy atom. The first-order valence-corrected chi connectivity index (χ1v) is 5.75. The molecule has 0 bridgehead atoms. The average molecular weight is 269 g/mol. The minimum atomic E-state index is 0.0328. The van der Waals surface area contributed by atoms with E-state index in [0.717, 1.165) is 16.8 Å². The molecule has 3 heteroatoms. The second kappa shape index (κ2) is 4.79. The molecule has 2 nitrogen and oxygen atoms in total. The van der Waals surface area contributed by atoms with Crippen molar-refractivity contribution >= 4 is 21.7 Å². The van der Waals surface area contributed by atoms with Crippen LogP contribution in [0.2, 0.25) is 0 Å². The van der Waals surface area contributed by atoms with E-state index in [1.807, 2.05) is 24.4 Å². The summed E-state index contributed by atoms with van der Waals surface area (Å²) in [5.41, 5.74) is 0.0328. The summed E-state index contributed by atoms with van der Waals surface area (Å²) in [5.74, 6) is 0.963. The fourth-order valence-electron chi connectivity index (χ4n) is 1.38. The van der Waals surface area contributed by atoms with E-state index in [4.69, 9.17) is 0 Å². The number of hydrogen-bond acceptors (Lipinski definition) is 2. The molecule has 15 heavy (non-hydrogen) atoms. The van der Waals surface area contributed by atoms with Gasteiger partial charge in [0.1, 0.15) is 5.82 Å². The van der Waals surface area contributed by atoms with Gasteiger partial charge in [0.05, 0.1) is 4.47 Å². The van der Waals surface area contributed by atoms with Crippen molar-refractivity contribution in [2.75, 3.05) is 11.4 Å². The molecule has 1 aromatic heterocycles. The third kappa shape index (κ3) is 3.06. The molecule has 0 spiro atoms. The van der Waals surface area contributed by atoms with E-state index < -0.39 is 0 Å². The van der Waals surface area contributed by atoms with Crippen molar-refractivity contribution in [1.29, 1.82) is 0 Å². The molecule has 0 unspecified atom stereocenters. The molecule has 0 aliphatic rings. The van der Waals surface area contributed by atoms with Crippen LogP contribution in [0.15, 0.2) is 35.5 Å². The van der Waals surface area contributed by atoms with Gasteiger partial charge in [-0.15, -0.1) is 6.58 Å². The molecular formula is C12H17BrN2. The Labute approximate surface area is 100 Å². The minimum Gasteiger partial charge on any atom is -0.347 e. The smallest absolute Gasteiger partial charge is 0.143 e. The van der Waals surface area contributed by atoms with Crippen molar-refractivity contribution < 1.29 is 0 Å². The highest BCUT2D eigenvalue weighted by atomic mass is 79.9. The lowest BCUT2D eigenvalue weighted by Crippen LogP contribution is -2.42. The van der Waals surface area contributed by atoms with Gasteiger partial charge in [-0.1, -0.05) is 6.08 Å². The maximum atomic E-state index is 4.39. The van der Waals surface area contributed by atoms with Gasteiger partial charge in [0.15, 0.2) is 0 Å². The third-order valence-corrected chi connectivity index (χ3v) is 2.74. The highest BCUT2D eigenvalue weighted by molar-refractivity contribution is 9.10. The fourth-order valence-corrected chi connectivity index (χ4v) is 1.85. The number of hydrogen-bond donors (Lipinski definition) is 0. The van der Waals surface area contributed by atoms with Crippen LogP contribution in [0.5, 0.6) is 0 Å². The largest absolute Gasteiger partial charge is 0.347 e. The summed E-state index contributed by atoms with van der Waals surface area (Å²) in [6.07, 6.45) is 3.70. The third-order valence-electron chi connectivity index (χ3n) is 2.12. The van der Waals surface area contributed by atoms with E-state index in [-0.39, 0.29) is 5.54 Å². The van der Waals surface area contributed by atoms with E-state index in [0.29, 0.717) is 0 Å². The number of halogens is 1. The predicted molar refractivity (Wildman–Crippen MR) is 69.2 cm³/mol. The first-order chi connectivity index (χ1) is 6.96. The van der Waals surface area contributed by atoms with E-state index in [9.17, 15) is 0 Å². The van der Waals surface area contributed by atoms with Crippen molar-refractivity contribution in [3.63, 3.8) is 0 Å². The lowest BCUT2D eigenvalue weighted by Gasteiger charge is -2.36. The van der Waals surface area contributed by atoms with Crippen molar-refractivity contribution in [2.24, 2.45) is 0 Å². The Morgan fingerprint density at radius 2 is 2.20 bits per heavy atom. The second-order valence-corrected chi connectivity index (χ2v) is 5.23. The normalized spacial score (nSPS) is 11.2. The Morgan fingerprint density at radius 1 is 1.53 bits per heavy atom. The Kier molecular flexibility index (Phi) is 3.91. The van der Waals surface area contributed by atoms with Gasteiger partial charge in [0, 0.05) is 18.3 Å². The summed E-state index contributed by atoms with van der Waals surface area (Å²) in [4.78, 5) is 6.61. The maximum Gasteiger partial charge on any atom is 0.143 e. The number of rotatable bonds is 3. The van der Waals surface area contributed by atoms with Gasteiger partial charge in [-0.2, -0.15) is 0 Å². The number of pyridine rings is 1. The molecule has 0 atom stereocenters. The summed E-state index contributed by atoms with van der Waals surface area (Å²) in [6.45, 7) is 11.1. The first-order valence-electron chi connectivity index (χ1n) is 4.96. The minimum absolute atomic E-state index is 0.0328. The molecule has 1 heterocycles. The van der Waals surface area contributed by atoms with Crippen molar-refractivity contribution in [2.45, 2.75) is 26.3 Å². The number of anilines is 1. The van der Waals surface area contributed by atoms with E-state index in [2.05, 4.69) is 53.2 Å². The zero-order valence-electron chi connectivity index (χ0n) is 9.50. The van der Waals surface area contributed by atoms with Crippen molar-refractivity contribution in [3.8, 4) is 0 Å². The van der Waals surface area contributed by atoms with Crippen LogP contribution in [0.1, 0.15) is 20.8 Å². The zero-order valence-corrected chi connectivity index (χ0v) is 11.1. The van der Waals surface area contributed by atoms with Crippen LogP contribution in [-0.4, -0.2) is 17.1 Å². The van der Waals surface area contributed by atoms with Crippen LogP contribution >= 0.6 is 15.9 Å². The van der Waals surface area contributed by atoms with Gasteiger partial charge >= 0.3 is 0 Å². The zero-order chi connectivity index (χ0) is 11.5. The van der Waals surface area contributed by atoms with Gasteiger partial charge in [-0.25, -0.2) is 4.98 Å². The van der Waals surface area contributed by atoms with Gasteiger partial charge in [-0.3, -0.25) is 0 Å². The number of aromatic nitrogens is 1. The summed E-state index contributed by atoms with van der Waals surface area (Å²) in [7, 11) is 0. The number of nitrogens with zero attached hydrogens (tertiary/aromatic N) is 2. The van der Waals surface area contributed by atoms with Gasteiger partial charge < -0.3 is 4.90 Å². The Balaban J connectivity index is 3.10. The van der Waals surface area contributed by atoms with Crippen LogP contribution in [0.4, 0.5) is 5.82 Å². The van der Waals surface area contributed by atoms with Crippen LogP contribution < -0.4 is 4.90 Å². The predicted octanol–water partition coefficient (Wildman–Crippen LogP) is 3.64. The lowest BCUT2D eigenvalue weighted by molar-refractivity contribution is 0.516. The van der Waals surface area contributed by atoms with Crippen LogP contribution in [-0.2, 0) is 0 Å². The average Bonchev–Trinajstić information content (AvgIpc) is 2.14. The topological polar surface area (TPSA) is 16.1 Å². The van der Waals surface area contributed by atoms with Gasteiger partial charge in [0.25, 0.3) is 0 Å². The van der Waals surface area contributed by atoms with Crippen molar-refractivity contribution in [1.82, 2.24) is 4.98 Å². The van der Waals surface area contributed by atoms with Crippen LogP contribution in [0.25, 0.3) is 0 Å². The molecule has 1 aromatic rings. The molecule has 0 N–H and O–H groups in total. The van der Waals surface area contributed by atoms with E-state index in [1.165, 1.54) is 0 Å². The monoisotopic (exact) mass is 268 g/mol. The Bertz CT molecular complexity index is 342. The molecular weight excluding hydrogens is 252 g/mol. The molecule has 0 amide bonds. The SMILES string of the molecule is C=CCN(c1ncccc1Br)C(C)(C)C. The molecule has 82 valence electrons. The van der Waals surface area contributed by atoms with E-state index in [1.54, 1.807) is 0 Å². The summed E-state index contributed by atoms with van der Waals surface area (Å²) < 4.78 is 1.02. The second-order valence-electron chi connectivity index (χ2n) is 4.38. The maximum absolute atomic E-state index is 4.39. The van der Waals surface area contributed by atoms with Gasteiger partial charge in [0.2, 0.25) is 0 Å². The van der Waals surface area contributed by atoms with Crippen LogP contribution in [0.3, 0.4) is 0 Å². The molecule has 0 aliphatic heterocycles. The quantitative estimate of drug-likeness (QED) is 0.779.